The van der Waals surface area contributed by atoms with Gasteiger partial charge in [-0.25, -0.2) is 0 Å². The fraction of sp³-hybridized carbons (Fsp3) is 0.875. The summed E-state index contributed by atoms with van der Waals surface area (Å²) in [5.41, 5.74) is 0. The quantitative estimate of drug-likeness (QED) is 0.199. The number of carbonyl (C=O) groups is 3. The van der Waals surface area contributed by atoms with Gasteiger partial charge in [-0.05, 0) is 6.42 Å². The van der Waals surface area contributed by atoms with Crippen molar-refractivity contribution in [2.75, 3.05) is 39.3 Å². The summed E-state index contributed by atoms with van der Waals surface area (Å²) in [7, 11) is 0. The molecular weight excluding hydrogens is 412 g/mol. The van der Waals surface area contributed by atoms with E-state index >= 15 is 0 Å². The molecular formula is C24H46N2O6. The van der Waals surface area contributed by atoms with Gasteiger partial charge in [-0.1, -0.05) is 71.1 Å². The van der Waals surface area contributed by atoms with Crippen LogP contribution < -0.4 is 0 Å². The zero-order valence-electron chi connectivity index (χ0n) is 20.1. The van der Waals surface area contributed by atoms with Gasteiger partial charge in [0, 0.05) is 39.1 Å². The highest BCUT2D eigenvalue weighted by Crippen LogP contribution is 2.12. The topological polar surface area (TPSA) is 118 Å². The second kappa shape index (κ2) is 21.2. The van der Waals surface area contributed by atoms with Gasteiger partial charge in [0.2, 0.25) is 5.91 Å². The van der Waals surface area contributed by atoms with E-state index in [1.165, 1.54) is 51.4 Å². The Balaban J connectivity index is 4.13. The van der Waals surface area contributed by atoms with E-state index in [0.717, 1.165) is 19.3 Å². The van der Waals surface area contributed by atoms with Crippen molar-refractivity contribution in [1.29, 1.82) is 0 Å². The minimum atomic E-state index is -0.940. The average molecular weight is 459 g/mol. The van der Waals surface area contributed by atoms with E-state index in [4.69, 9.17) is 10.2 Å². The number of rotatable bonds is 23. The molecule has 0 aromatic rings. The first-order valence-electron chi connectivity index (χ1n) is 12.4. The summed E-state index contributed by atoms with van der Waals surface area (Å²) in [5.74, 6) is -1.89. The molecule has 0 aromatic heterocycles. The van der Waals surface area contributed by atoms with Crippen LogP contribution >= 0.6 is 0 Å². The number of carboxylic acids is 2. The van der Waals surface area contributed by atoms with E-state index in [0.29, 0.717) is 19.5 Å². The van der Waals surface area contributed by atoms with Crippen LogP contribution in [0.15, 0.2) is 0 Å². The number of amides is 1. The molecule has 0 saturated carbocycles. The Morgan fingerprint density at radius 3 is 1.50 bits per heavy atom. The number of aliphatic carboxylic acids is 2. The monoisotopic (exact) mass is 458 g/mol. The number of aliphatic hydroxyl groups excluding tert-OH is 1. The summed E-state index contributed by atoms with van der Waals surface area (Å²) < 4.78 is 0. The summed E-state index contributed by atoms with van der Waals surface area (Å²) in [5, 5.41) is 27.1. The number of hydrogen-bond acceptors (Lipinski definition) is 5. The van der Waals surface area contributed by atoms with E-state index in [-0.39, 0.29) is 45.0 Å². The molecule has 0 fully saturated rings. The van der Waals surface area contributed by atoms with Crippen LogP contribution in [0.4, 0.5) is 0 Å². The van der Waals surface area contributed by atoms with Gasteiger partial charge in [0.25, 0.3) is 0 Å². The predicted molar refractivity (Wildman–Crippen MR) is 126 cm³/mol. The Morgan fingerprint density at radius 1 is 0.594 bits per heavy atom. The first-order chi connectivity index (χ1) is 15.4. The summed E-state index contributed by atoms with van der Waals surface area (Å²) in [6, 6.07) is 0. The normalized spacial score (nSPS) is 11.1. The SMILES string of the molecule is CCCCCCCCCCCCCC(=O)N(CCO)CCN(CCC(=O)O)CCC(=O)O. The van der Waals surface area contributed by atoms with Crippen molar-refractivity contribution < 1.29 is 29.7 Å². The lowest BCUT2D eigenvalue weighted by atomic mass is 10.1. The van der Waals surface area contributed by atoms with Crippen molar-refractivity contribution in [1.82, 2.24) is 9.80 Å². The number of aliphatic hydroxyl groups is 1. The molecule has 0 aromatic carbocycles. The molecule has 0 rings (SSSR count). The largest absolute Gasteiger partial charge is 0.481 e. The fourth-order valence-corrected chi connectivity index (χ4v) is 3.69. The van der Waals surface area contributed by atoms with Crippen molar-refractivity contribution in [2.45, 2.75) is 96.8 Å². The van der Waals surface area contributed by atoms with Gasteiger partial charge in [-0.3, -0.25) is 14.4 Å². The highest BCUT2D eigenvalue weighted by atomic mass is 16.4. The first kappa shape index (κ1) is 30.3. The number of unbranched alkanes of at least 4 members (excludes halogenated alkanes) is 10. The second-order valence-corrected chi connectivity index (χ2v) is 8.52. The molecule has 8 heteroatoms. The van der Waals surface area contributed by atoms with Crippen LogP contribution in [0.1, 0.15) is 96.8 Å². The van der Waals surface area contributed by atoms with E-state index in [2.05, 4.69) is 6.92 Å². The van der Waals surface area contributed by atoms with Gasteiger partial charge >= 0.3 is 11.9 Å². The zero-order valence-corrected chi connectivity index (χ0v) is 20.1. The lowest BCUT2D eigenvalue weighted by Crippen LogP contribution is -2.41. The minimum Gasteiger partial charge on any atom is -0.481 e. The molecule has 0 spiro atoms. The lowest BCUT2D eigenvalue weighted by Gasteiger charge is -2.27. The molecule has 8 nitrogen and oxygen atoms in total. The molecule has 0 aliphatic carbocycles. The Hall–Kier alpha value is -1.67. The van der Waals surface area contributed by atoms with Crippen molar-refractivity contribution in [2.24, 2.45) is 0 Å². The van der Waals surface area contributed by atoms with Crippen LogP contribution in [-0.4, -0.2) is 82.3 Å². The van der Waals surface area contributed by atoms with Gasteiger partial charge in [-0.15, -0.1) is 0 Å². The van der Waals surface area contributed by atoms with Crippen LogP contribution in [0.2, 0.25) is 0 Å². The van der Waals surface area contributed by atoms with Crippen LogP contribution in [-0.2, 0) is 14.4 Å². The molecule has 0 bridgehead atoms. The third-order valence-electron chi connectivity index (χ3n) is 5.69. The van der Waals surface area contributed by atoms with Crippen molar-refractivity contribution in [3.05, 3.63) is 0 Å². The Morgan fingerprint density at radius 2 is 1.06 bits per heavy atom. The third-order valence-corrected chi connectivity index (χ3v) is 5.69. The van der Waals surface area contributed by atoms with Crippen molar-refractivity contribution in [3.8, 4) is 0 Å². The molecule has 0 saturated heterocycles. The highest BCUT2D eigenvalue weighted by Gasteiger charge is 2.16. The highest BCUT2D eigenvalue weighted by molar-refractivity contribution is 5.76. The van der Waals surface area contributed by atoms with Gasteiger partial charge in [0.05, 0.1) is 19.4 Å². The van der Waals surface area contributed by atoms with Gasteiger partial charge in [0.1, 0.15) is 0 Å². The van der Waals surface area contributed by atoms with Crippen LogP contribution in [0.5, 0.6) is 0 Å². The molecule has 0 unspecified atom stereocenters. The molecule has 0 atom stereocenters. The second-order valence-electron chi connectivity index (χ2n) is 8.52. The third kappa shape index (κ3) is 19.0. The smallest absolute Gasteiger partial charge is 0.304 e. The van der Waals surface area contributed by atoms with Crippen LogP contribution in [0.3, 0.4) is 0 Å². The van der Waals surface area contributed by atoms with Crippen LogP contribution in [0, 0.1) is 0 Å². The number of carboxylic acid groups (broad SMARTS) is 2. The van der Waals surface area contributed by atoms with Gasteiger partial charge in [0.15, 0.2) is 0 Å². The van der Waals surface area contributed by atoms with E-state index in [1.54, 1.807) is 9.80 Å². The molecule has 32 heavy (non-hydrogen) atoms. The predicted octanol–water partition coefficient (Wildman–Crippen LogP) is 3.76. The Kier molecular flexibility index (Phi) is 20.1. The number of carbonyl (C=O) groups excluding carboxylic acids is 1. The average Bonchev–Trinajstić information content (AvgIpc) is 2.75. The van der Waals surface area contributed by atoms with Gasteiger partial charge < -0.3 is 25.1 Å². The number of nitrogens with zero attached hydrogens (tertiary/aromatic N) is 2. The zero-order chi connectivity index (χ0) is 24.0. The Bertz CT molecular complexity index is 483. The molecule has 3 N–H and O–H groups in total. The molecule has 0 aliphatic rings. The molecule has 1 amide bonds. The summed E-state index contributed by atoms with van der Waals surface area (Å²) >= 11 is 0. The first-order valence-corrected chi connectivity index (χ1v) is 12.4. The maximum absolute atomic E-state index is 12.5. The van der Waals surface area contributed by atoms with Crippen molar-refractivity contribution >= 4 is 17.8 Å². The van der Waals surface area contributed by atoms with Gasteiger partial charge in [-0.2, -0.15) is 0 Å². The lowest BCUT2D eigenvalue weighted by molar-refractivity contribution is -0.138. The summed E-state index contributed by atoms with van der Waals surface area (Å²) in [4.78, 5) is 37.6. The van der Waals surface area contributed by atoms with Crippen LogP contribution in [0.25, 0.3) is 0 Å². The molecule has 0 radical (unpaired) electrons. The Labute approximate surface area is 194 Å². The maximum atomic E-state index is 12.5. The van der Waals surface area contributed by atoms with E-state index in [9.17, 15) is 19.5 Å². The van der Waals surface area contributed by atoms with Crippen molar-refractivity contribution in [3.63, 3.8) is 0 Å². The van der Waals surface area contributed by atoms with E-state index < -0.39 is 11.9 Å². The molecule has 0 aliphatic heterocycles. The molecule has 0 heterocycles. The number of hydrogen-bond donors (Lipinski definition) is 3. The molecule has 188 valence electrons. The van der Waals surface area contributed by atoms with E-state index in [1.807, 2.05) is 0 Å². The maximum Gasteiger partial charge on any atom is 0.304 e. The standard InChI is InChI=1S/C24H46N2O6/c1-2-3-4-5-6-7-8-9-10-11-12-13-22(28)26(20-21-27)19-18-25(16-14-23(29)30)17-15-24(31)32/h27H,2-21H2,1H3,(H,29,30)(H,31,32). The summed E-state index contributed by atoms with van der Waals surface area (Å²) in [6.07, 6.45) is 13.7. The minimum absolute atomic E-state index is 0.00797. The summed E-state index contributed by atoms with van der Waals surface area (Å²) in [6.45, 7) is 3.57. The fourth-order valence-electron chi connectivity index (χ4n) is 3.69.